The molecular weight excluding hydrogens is 218 g/mol. The van der Waals surface area contributed by atoms with Gasteiger partial charge >= 0.3 is 0 Å². The molecular formula is C13H27NOS. The Hall–Kier alpha value is 0.270. The number of hydrogen-bond acceptors (Lipinski definition) is 3. The highest BCUT2D eigenvalue weighted by Gasteiger charge is 2.20. The monoisotopic (exact) mass is 245 g/mol. The minimum Gasteiger partial charge on any atom is -0.378 e. The van der Waals surface area contributed by atoms with Crippen LogP contribution in [-0.4, -0.2) is 37.3 Å². The van der Waals surface area contributed by atoms with Gasteiger partial charge in [-0.2, -0.15) is 11.8 Å². The number of hydrogen-bond donors (Lipinski definition) is 1. The lowest BCUT2D eigenvalue weighted by Gasteiger charge is -2.29. The molecule has 1 aliphatic rings. The van der Waals surface area contributed by atoms with Gasteiger partial charge in [-0.15, -0.1) is 0 Å². The predicted octanol–water partition coefficient (Wildman–Crippen LogP) is 3.07. The average molecular weight is 245 g/mol. The third-order valence-electron chi connectivity index (χ3n) is 3.20. The zero-order valence-corrected chi connectivity index (χ0v) is 11.7. The average Bonchev–Trinajstić information content (AvgIpc) is 2.33. The lowest BCUT2D eigenvalue weighted by molar-refractivity contribution is 0.0233. The molecule has 16 heavy (non-hydrogen) atoms. The smallest absolute Gasteiger partial charge is 0.0576 e. The Morgan fingerprint density at radius 3 is 2.62 bits per heavy atom. The summed E-state index contributed by atoms with van der Waals surface area (Å²) in [6.45, 7) is 4.36. The number of thioether (sulfide) groups is 1. The van der Waals surface area contributed by atoms with Gasteiger partial charge in [0.25, 0.3) is 0 Å². The molecule has 0 radical (unpaired) electrons. The molecule has 1 fully saturated rings. The normalized spacial score (nSPS) is 25.9. The molecule has 0 spiro atoms. The fourth-order valence-corrected chi connectivity index (χ4v) is 2.64. The highest BCUT2D eigenvalue weighted by molar-refractivity contribution is 7.98. The van der Waals surface area contributed by atoms with Crippen LogP contribution in [0.5, 0.6) is 0 Å². The van der Waals surface area contributed by atoms with Gasteiger partial charge in [0.2, 0.25) is 0 Å². The standard InChI is InChI=1S/C13H27NOS/c1-3-9-14-12-5-7-13(8-6-12)15-10-4-11-16-2/h12-14H,3-11H2,1-2H3. The van der Waals surface area contributed by atoms with Crippen molar-refractivity contribution in [2.24, 2.45) is 0 Å². The van der Waals surface area contributed by atoms with Gasteiger partial charge in [-0.25, -0.2) is 0 Å². The van der Waals surface area contributed by atoms with Crippen molar-refractivity contribution in [3.05, 3.63) is 0 Å². The molecule has 0 heterocycles. The first-order chi connectivity index (χ1) is 7.86. The Morgan fingerprint density at radius 2 is 2.00 bits per heavy atom. The van der Waals surface area contributed by atoms with Crippen LogP contribution < -0.4 is 5.32 Å². The summed E-state index contributed by atoms with van der Waals surface area (Å²) in [5, 5.41) is 3.61. The molecule has 0 aliphatic heterocycles. The summed E-state index contributed by atoms with van der Waals surface area (Å²) in [6, 6.07) is 0.756. The SMILES string of the molecule is CCCNC1CCC(OCCCSC)CC1. The van der Waals surface area contributed by atoms with Crippen molar-refractivity contribution < 1.29 is 4.74 Å². The molecule has 0 bridgehead atoms. The molecule has 0 atom stereocenters. The Kier molecular flexibility index (Phi) is 8.34. The zero-order chi connectivity index (χ0) is 11.6. The summed E-state index contributed by atoms with van der Waals surface area (Å²) in [7, 11) is 0. The van der Waals surface area contributed by atoms with Crippen molar-refractivity contribution in [2.45, 2.75) is 57.6 Å². The summed E-state index contributed by atoms with van der Waals surface area (Å²) in [4.78, 5) is 0. The van der Waals surface area contributed by atoms with E-state index in [1.165, 1.54) is 50.8 Å². The van der Waals surface area contributed by atoms with Gasteiger partial charge in [0, 0.05) is 12.6 Å². The first kappa shape index (κ1) is 14.3. The first-order valence-electron chi connectivity index (χ1n) is 6.70. The van der Waals surface area contributed by atoms with Crippen molar-refractivity contribution in [1.82, 2.24) is 5.32 Å². The summed E-state index contributed by atoms with van der Waals surface area (Å²) in [5.41, 5.74) is 0. The van der Waals surface area contributed by atoms with Crippen LogP contribution in [0.4, 0.5) is 0 Å². The van der Waals surface area contributed by atoms with Crippen molar-refractivity contribution in [2.75, 3.05) is 25.2 Å². The maximum atomic E-state index is 5.90. The van der Waals surface area contributed by atoms with E-state index in [2.05, 4.69) is 18.5 Å². The molecule has 2 nitrogen and oxygen atoms in total. The predicted molar refractivity (Wildman–Crippen MR) is 73.3 cm³/mol. The molecule has 96 valence electrons. The third-order valence-corrected chi connectivity index (χ3v) is 3.90. The second kappa shape index (κ2) is 9.32. The highest BCUT2D eigenvalue weighted by atomic mass is 32.2. The van der Waals surface area contributed by atoms with Crippen LogP contribution in [0.3, 0.4) is 0 Å². The van der Waals surface area contributed by atoms with Crippen LogP contribution in [0.1, 0.15) is 45.4 Å². The van der Waals surface area contributed by atoms with E-state index in [1.54, 1.807) is 0 Å². The van der Waals surface area contributed by atoms with E-state index in [4.69, 9.17) is 4.74 Å². The van der Waals surface area contributed by atoms with Crippen molar-refractivity contribution >= 4 is 11.8 Å². The maximum absolute atomic E-state index is 5.90. The Labute approximate surface area is 105 Å². The molecule has 0 unspecified atom stereocenters. The lowest BCUT2D eigenvalue weighted by Crippen LogP contribution is -2.35. The van der Waals surface area contributed by atoms with E-state index in [9.17, 15) is 0 Å². The van der Waals surface area contributed by atoms with E-state index in [0.717, 1.165) is 12.6 Å². The molecule has 0 aromatic carbocycles. The molecule has 1 N–H and O–H groups in total. The van der Waals surface area contributed by atoms with Crippen molar-refractivity contribution in [1.29, 1.82) is 0 Å². The molecule has 0 saturated heterocycles. The molecule has 0 aromatic heterocycles. The minimum absolute atomic E-state index is 0.543. The summed E-state index contributed by atoms with van der Waals surface area (Å²) < 4.78 is 5.90. The minimum atomic E-state index is 0.543. The second-order valence-corrected chi connectivity index (χ2v) is 5.63. The van der Waals surface area contributed by atoms with Gasteiger partial charge in [-0.05, 0) is 57.1 Å². The summed E-state index contributed by atoms with van der Waals surface area (Å²) in [5.74, 6) is 1.23. The van der Waals surface area contributed by atoms with E-state index in [0.29, 0.717) is 6.10 Å². The van der Waals surface area contributed by atoms with Crippen LogP contribution >= 0.6 is 11.8 Å². The quantitative estimate of drug-likeness (QED) is 0.664. The topological polar surface area (TPSA) is 21.3 Å². The van der Waals surface area contributed by atoms with Crippen LogP contribution in [0, 0.1) is 0 Å². The fourth-order valence-electron chi connectivity index (χ4n) is 2.24. The number of rotatable bonds is 8. The molecule has 1 rings (SSSR count). The van der Waals surface area contributed by atoms with Crippen molar-refractivity contribution in [3.63, 3.8) is 0 Å². The zero-order valence-electron chi connectivity index (χ0n) is 10.8. The Bertz CT molecular complexity index is 158. The van der Waals surface area contributed by atoms with Crippen molar-refractivity contribution in [3.8, 4) is 0 Å². The summed E-state index contributed by atoms with van der Waals surface area (Å²) >= 11 is 1.91. The van der Waals surface area contributed by atoms with Crippen LogP contribution in [0.25, 0.3) is 0 Å². The first-order valence-corrected chi connectivity index (χ1v) is 8.10. The van der Waals surface area contributed by atoms with E-state index in [1.807, 2.05) is 11.8 Å². The van der Waals surface area contributed by atoms with E-state index in [-0.39, 0.29) is 0 Å². The third kappa shape index (κ3) is 6.12. The van der Waals surface area contributed by atoms with Gasteiger partial charge in [-0.3, -0.25) is 0 Å². The van der Waals surface area contributed by atoms with Gasteiger partial charge in [0.15, 0.2) is 0 Å². The van der Waals surface area contributed by atoms with E-state index >= 15 is 0 Å². The Balaban J connectivity index is 1.98. The number of ether oxygens (including phenoxy) is 1. The Morgan fingerprint density at radius 1 is 1.25 bits per heavy atom. The van der Waals surface area contributed by atoms with Gasteiger partial charge in [0.05, 0.1) is 6.10 Å². The van der Waals surface area contributed by atoms with Crippen LogP contribution in [-0.2, 0) is 4.74 Å². The largest absolute Gasteiger partial charge is 0.378 e. The van der Waals surface area contributed by atoms with Crippen LogP contribution in [0.15, 0.2) is 0 Å². The van der Waals surface area contributed by atoms with Gasteiger partial charge in [0.1, 0.15) is 0 Å². The molecule has 0 aromatic rings. The molecule has 1 saturated carbocycles. The summed E-state index contributed by atoms with van der Waals surface area (Å²) in [6.07, 6.45) is 10.2. The highest BCUT2D eigenvalue weighted by Crippen LogP contribution is 2.21. The van der Waals surface area contributed by atoms with Gasteiger partial charge in [-0.1, -0.05) is 6.92 Å². The number of nitrogens with one attached hydrogen (secondary N) is 1. The van der Waals surface area contributed by atoms with E-state index < -0.39 is 0 Å². The lowest BCUT2D eigenvalue weighted by atomic mass is 9.93. The molecule has 1 aliphatic carbocycles. The second-order valence-electron chi connectivity index (χ2n) is 4.64. The fraction of sp³-hybridized carbons (Fsp3) is 1.00. The molecule has 3 heteroatoms. The molecule has 0 amide bonds. The maximum Gasteiger partial charge on any atom is 0.0576 e. The van der Waals surface area contributed by atoms with Gasteiger partial charge < -0.3 is 10.1 Å². The van der Waals surface area contributed by atoms with Crippen LogP contribution in [0.2, 0.25) is 0 Å².